The Labute approximate surface area is 81.1 Å². The minimum absolute atomic E-state index is 0.308. The van der Waals surface area contributed by atoms with E-state index in [-0.39, 0.29) is 0 Å². The Bertz CT molecular complexity index is 220. The normalized spacial score (nSPS) is 20.8. The van der Waals surface area contributed by atoms with E-state index in [9.17, 15) is 9.59 Å². The second kappa shape index (κ2) is 4.07. The summed E-state index contributed by atoms with van der Waals surface area (Å²) in [5, 5.41) is -0.650. The molecule has 4 nitrogen and oxygen atoms in total. The number of esters is 1. The fraction of sp³-hybridized carbons (Fsp3) is 0.750. The molecule has 0 bridgehead atoms. The lowest BCUT2D eigenvalue weighted by molar-refractivity contribution is -0.161. The maximum absolute atomic E-state index is 11.3. The van der Waals surface area contributed by atoms with E-state index < -0.39 is 16.6 Å². The van der Waals surface area contributed by atoms with E-state index in [1.165, 1.54) is 7.11 Å². The van der Waals surface area contributed by atoms with Crippen LogP contribution in [-0.2, 0) is 19.1 Å². The largest absolute Gasteiger partial charge is 0.468 e. The molecule has 0 aliphatic carbocycles. The van der Waals surface area contributed by atoms with Crippen LogP contribution in [0.1, 0.15) is 12.8 Å². The molecule has 1 aliphatic heterocycles. The van der Waals surface area contributed by atoms with E-state index in [0.717, 1.165) is 0 Å². The Kier molecular flexibility index (Phi) is 3.27. The standard InChI is InChI=1S/C8H11ClO4/c1-12-7(11)8(6(9)10)2-4-13-5-3-8/h2-5H2,1H3. The molecule has 1 fully saturated rings. The van der Waals surface area contributed by atoms with Gasteiger partial charge in [-0.2, -0.15) is 0 Å². The van der Waals surface area contributed by atoms with Crippen molar-refractivity contribution in [3.8, 4) is 0 Å². The summed E-state index contributed by atoms with van der Waals surface area (Å²) in [6, 6.07) is 0. The second-order valence-electron chi connectivity index (χ2n) is 2.96. The fourth-order valence-corrected chi connectivity index (χ4v) is 1.66. The maximum Gasteiger partial charge on any atom is 0.320 e. The topological polar surface area (TPSA) is 52.6 Å². The van der Waals surface area contributed by atoms with Crippen LogP contribution in [0.25, 0.3) is 0 Å². The number of rotatable bonds is 2. The summed E-state index contributed by atoms with van der Waals surface area (Å²) in [5.74, 6) is -0.559. The van der Waals surface area contributed by atoms with Crippen molar-refractivity contribution in [3.63, 3.8) is 0 Å². The van der Waals surface area contributed by atoms with Gasteiger partial charge >= 0.3 is 5.97 Å². The molecule has 0 unspecified atom stereocenters. The number of hydrogen-bond acceptors (Lipinski definition) is 4. The molecule has 5 heteroatoms. The summed E-state index contributed by atoms with van der Waals surface area (Å²) >= 11 is 5.39. The van der Waals surface area contributed by atoms with Gasteiger partial charge in [0.05, 0.1) is 7.11 Å². The molecule has 1 heterocycles. The summed E-state index contributed by atoms with van der Waals surface area (Å²) in [5.41, 5.74) is -1.17. The van der Waals surface area contributed by atoms with Crippen LogP contribution in [0.15, 0.2) is 0 Å². The lowest BCUT2D eigenvalue weighted by Crippen LogP contribution is -2.42. The first-order valence-corrected chi connectivity index (χ1v) is 4.37. The van der Waals surface area contributed by atoms with Crippen LogP contribution in [0, 0.1) is 5.41 Å². The third kappa shape index (κ3) is 1.84. The Morgan fingerprint density at radius 1 is 1.38 bits per heavy atom. The van der Waals surface area contributed by atoms with Gasteiger partial charge in [-0.1, -0.05) is 0 Å². The highest BCUT2D eigenvalue weighted by molar-refractivity contribution is 6.66. The zero-order chi connectivity index (χ0) is 9.90. The van der Waals surface area contributed by atoms with Crippen molar-refractivity contribution in [2.75, 3.05) is 20.3 Å². The van der Waals surface area contributed by atoms with Gasteiger partial charge in [0, 0.05) is 13.2 Å². The van der Waals surface area contributed by atoms with E-state index in [2.05, 4.69) is 4.74 Å². The molecule has 0 N–H and O–H groups in total. The second-order valence-corrected chi connectivity index (χ2v) is 3.30. The van der Waals surface area contributed by atoms with E-state index in [0.29, 0.717) is 26.1 Å². The van der Waals surface area contributed by atoms with Crippen molar-refractivity contribution >= 4 is 22.8 Å². The Morgan fingerprint density at radius 2 is 1.92 bits per heavy atom. The van der Waals surface area contributed by atoms with Gasteiger partial charge < -0.3 is 9.47 Å². The zero-order valence-electron chi connectivity index (χ0n) is 7.34. The van der Waals surface area contributed by atoms with Crippen molar-refractivity contribution in [2.24, 2.45) is 5.41 Å². The highest BCUT2D eigenvalue weighted by Crippen LogP contribution is 2.34. The van der Waals surface area contributed by atoms with Gasteiger partial charge in [-0.15, -0.1) is 0 Å². The van der Waals surface area contributed by atoms with Crippen molar-refractivity contribution in [1.29, 1.82) is 0 Å². The summed E-state index contributed by atoms with van der Waals surface area (Å²) in [6.07, 6.45) is 0.615. The lowest BCUT2D eigenvalue weighted by atomic mass is 9.81. The molecule has 0 aromatic carbocycles. The highest BCUT2D eigenvalue weighted by atomic mass is 35.5. The van der Waals surface area contributed by atoms with Gasteiger partial charge in [0.25, 0.3) is 0 Å². The van der Waals surface area contributed by atoms with Crippen LogP contribution in [0.4, 0.5) is 0 Å². The number of carbonyl (C=O) groups is 2. The molecule has 0 saturated carbocycles. The molecule has 0 amide bonds. The van der Waals surface area contributed by atoms with Crippen LogP contribution >= 0.6 is 11.6 Å². The van der Waals surface area contributed by atoms with E-state index in [1.54, 1.807) is 0 Å². The molecule has 13 heavy (non-hydrogen) atoms. The monoisotopic (exact) mass is 206 g/mol. The van der Waals surface area contributed by atoms with Gasteiger partial charge in [0.15, 0.2) is 0 Å². The number of halogens is 1. The molecule has 0 aromatic rings. The summed E-state index contributed by atoms with van der Waals surface area (Å²) in [7, 11) is 1.25. The van der Waals surface area contributed by atoms with Crippen LogP contribution in [0.2, 0.25) is 0 Å². The van der Waals surface area contributed by atoms with Crippen molar-refractivity contribution < 1.29 is 19.1 Å². The smallest absolute Gasteiger partial charge is 0.320 e. The SMILES string of the molecule is COC(=O)C1(C(=O)Cl)CCOCC1. The van der Waals surface area contributed by atoms with E-state index in [1.807, 2.05) is 0 Å². The van der Waals surface area contributed by atoms with Crippen LogP contribution in [0.3, 0.4) is 0 Å². The van der Waals surface area contributed by atoms with Gasteiger partial charge in [-0.05, 0) is 24.4 Å². The number of ether oxygens (including phenoxy) is 2. The molecule has 0 radical (unpaired) electrons. The average molecular weight is 207 g/mol. The zero-order valence-corrected chi connectivity index (χ0v) is 8.10. The molecule has 1 aliphatic rings. The highest BCUT2D eigenvalue weighted by Gasteiger charge is 2.47. The Balaban J connectivity index is 2.85. The molecule has 1 saturated heterocycles. The van der Waals surface area contributed by atoms with Crippen LogP contribution in [0.5, 0.6) is 0 Å². The summed E-state index contributed by atoms with van der Waals surface area (Å²) in [6.45, 7) is 0.737. The first kappa shape index (κ1) is 10.5. The molecular weight excluding hydrogens is 196 g/mol. The third-order valence-corrected chi connectivity index (χ3v) is 2.66. The maximum atomic E-state index is 11.3. The Hall–Kier alpha value is -0.610. The van der Waals surface area contributed by atoms with E-state index >= 15 is 0 Å². The lowest BCUT2D eigenvalue weighted by Gasteiger charge is -2.30. The molecule has 74 valence electrons. The molecule has 0 atom stereocenters. The third-order valence-electron chi connectivity index (χ3n) is 2.30. The van der Waals surface area contributed by atoms with Gasteiger partial charge in [-0.25, -0.2) is 0 Å². The fourth-order valence-electron chi connectivity index (χ4n) is 1.40. The van der Waals surface area contributed by atoms with Gasteiger partial charge in [0.1, 0.15) is 5.41 Å². The predicted molar refractivity (Wildman–Crippen MR) is 45.4 cm³/mol. The summed E-state index contributed by atoms with van der Waals surface area (Å²) < 4.78 is 9.61. The van der Waals surface area contributed by atoms with Crippen molar-refractivity contribution in [3.05, 3.63) is 0 Å². The molecule has 0 aromatic heterocycles. The van der Waals surface area contributed by atoms with Gasteiger partial charge in [-0.3, -0.25) is 9.59 Å². The minimum atomic E-state index is -1.17. The number of hydrogen-bond donors (Lipinski definition) is 0. The van der Waals surface area contributed by atoms with Crippen LogP contribution < -0.4 is 0 Å². The quantitative estimate of drug-likeness (QED) is 0.380. The van der Waals surface area contributed by atoms with Crippen LogP contribution in [-0.4, -0.2) is 31.5 Å². The first-order chi connectivity index (χ1) is 6.13. The molecule has 1 rings (SSSR count). The summed E-state index contributed by atoms with van der Waals surface area (Å²) in [4.78, 5) is 22.5. The molecular formula is C8H11ClO4. The Morgan fingerprint density at radius 3 is 2.31 bits per heavy atom. The molecule has 0 spiro atoms. The van der Waals surface area contributed by atoms with Gasteiger partial charge in [0.2, 0.25) is 5.24 Å². The minimum Gasteiger partial charge on any atom is -0.468 e. The van der Waals surface area contributed by atoms with Crippen molar-refractivity contribution in [1.82, 2.24) is 0 Å². The average Bonchev–Trinajstić information content (AvgIpc) is 2.17. The first-order valence-electron chi connectivity index (χ1n) is 3.99. The van der Waals surface area contributed by atoms with Crippen molar-refractivity contribution in [2.45, 2.75) is 12.8 Å². The number of carbonyl (C=O) groups excluding carboxylic acids is 2. The van der Waals surface area contributed by atoms with E-state index in [4.69, 9.17) is 16.3 Å². The predicted octanol–water partition coefficient (Wildman–Crippen LogP) is 0.722. The number of methoxy groups -OCH3 is 1.